The van der Waals surface area contributed by atoms with Crippen molar-refractivity contribution in [3.05, 3.63) is 16.6 Å². The van der Waals surface area contributed by atoms with Crippen molar-refractivity contribution in [3.8, 4) is 5.75 Å². The Morgan fingerprint density at radius 1 is 1.32 bits per heavy atom. The van der Waals surface area contributed by atoms with Gasteiger partial charge in [0.1, 0.15) is 10.6 Å². The second kappa shape index (κ2) is 5.80. The molecule has 22 heavy (non-hydrogen) atoms. The fourth-order valence-corrected chi connectivity index (χ4v) is 4.76. The van der Waals surface area contributed by atoms with Crippen LogP contribution < -0.4 is 10.1 Å². The minimum atomic E-state index is -3.64. The van der Waals surface area contributed by atoms with Gasteiger partial charge in [0.15, 0.2) is 6.10 Å². The molecule has 2 aliphatic heterocycles. The normalized spacial score (nSPS) is 22.6. The average Bonchev–Trinajstić information content (AvgIpc) is 2.49. The molecule has 1 unspecified atom stereocenters. The number of sulfonamides is 1. The van der Waals surface area contributed by atoms with Crippen molar-refractivity contribution in [1.82, 2.24) is 4.31 Å². The summed E-state index contributed by atoms with van der Waals surface area (Å²) in [6.45, 7) is 3.01. The Bertz CT molecular complexity index is 715. The molecule has 1 fully saturated rings. The number of morpholine rings is 1. The number of carbonyl (C=O) groups excluding carboxylic acids is 1. The van der Waals surface area contributed by atoms with Gasteiger partial charge in [-0.15, -0.1) is 0 Å². The van der Waals surface area contributed by atoms with Crippen LogP contribution in [0, 0.1) is 0 Å². The van der Waals surface area contributed by atoms with Crippen LogP contribution in [0.1, 0.15) is 6.92 Å². The molecule has 7 nitrogen and oxygen atoms in total. The minimum absolute atomic E-state index is 0.122. The lowest BCUT2D eigenvalue weighted by molar-refractivity contribution is -0.122. The number of fused-ring (bicyclic) bond motifs is 1. The zero-order chi connectivity index (χ0) is 15.9. The smallest absolute Gasteiger partial charge is 0.265 e. The molecule has 0 spiro atoms. The summed E-state index contributed by atoms with van der Waals surface area (Å²) in [6.07, 6.45) is -0.660. The highest BCUT2D eigenvalue weighted by Gasteiger charge is 2.31. The van der Waals surface area contributed by atoms with Crippen LogP contribution in [0.15, 0.2) is 21.5 Å². The summed E-state index contributed by atoms with van der Waals surface area (Å²) < 4.78 is 37.9. The molecule has 0 aliphatic carbocycles. The van der Waals surface area contributed by atoms with E-state index in [4.69, 9.17) is 9.47 Å². The number of halogens is 1. The Balaban J connectivity index is 2.01. The second-order valence-electron chi connectivity index (χ2n) is 5.04. The maximum absolute atomic E-state index is 12.7. The maximum Gasteiger partial charge on any atom is 0.265 e. The largest absolute Gasteiger partial charge is 0.479 e. The predicted octanol–water partition coefficient (Wildman–Crippen LogP) is 1.19. The number of hydrogen-bond donors (Lipinski definition) is 1. The average molecular weight is 391 g/mol. The number of benzene rings is 1. The highest BCUT2D eigenvalue weighted by atomic mass is 79.9. The molecule has 1 aromatic carbocycles. The summed E-state index contributed by atoms with van der Waals surface area (Å²) in [5.74, 6) is 0.0883. The van der Waals surface area contributed by atoms with E-state index < -0.39 is 16.1 Å². The van der Waals surface area contributed by atoms with Crippen molar-refractivity contribution in [3.63, 3.8) is 0 Å². The monoisotopic (exact) mass is 390 g/mol. The standard InChI is InChI=1S/C13H15BrN2O5S/c1-8-13(17)15-10-6-9(14)12(7-11(10)21-8)22(18,19)16-2-4-20-5-3-16/h6-8H,2-5H2,1H3,(H,15,17). The van der Waals surface area contributed by atoms with Crippen LogP contribution in [0.3, 0.4) is 0 Å². The van der Waals surface area contributed by atoms with Gasteiger partial charge in [-0.1, -0.05) is 0 Å². The molecule has 0 saturated carbocycles. The summed E-state index contributed by atoms with van der Waals surface area (Å²) in [7, 11) is -3.64. The number of amides is 1. The summed E-state index contributed by atoms with van der Waals surface area (Å²) in [6, 6.07) is 2.99. The van der Waals surface area contributed by atoms with Crippen LogP contribution >= 0.6 is 15.9 Å². The third kappa shape index (κ3) is 2.73. The molecule has 3 rings (SSSR count). The van der Waals surface area contributed by atoms with Gasteiger partial charge in [-0.05, 0) is 28.9 Å². The van der Waals surface area contributed by atoms with Gasteiger partial charge in [-0.3, -0.25) is 4.79 Å². The number of hydrogen-bond acceptors (Lipinski definition) is 5. The van der Waals surface area contributed by atoms with E-state index in [1.165, 1.54) is 10.4 Å². The van der Waals surface area contributed by atoms with Gasteiger partial charge >= 0.3 is 0 Å². The minimum Gasteiger partial charge on any atom is -0.479 e. The van der Waals surface area contributed by atoms with Gasteiger partial charge in [0.25, 0.3) is 5.91 Å². The van der Waals surface area contributed by atoms with E-state index in [2.05, 4.69) is 21.2 Å². The Kier molecular flexibility index (Phi) is 4.15. The first kappa shape index (κ1) is 15.7. The number of nitrogens with one attached hydrogen (secondary N) is 1. The molecule has 1 aromatic rings. The number of nitrogens with zero attached hydrogens (tertiary/aromatic N) is 1. The lowest BCUT2D eigenvalue weighted by atomic mass is 10.2. The Morgan fingerprint density at radius 3 is 2.68 bits per heavy atom. The van der Waals surface area contributed by atoms with Crippen LogP contribution in [-0.4, -0.2) is 51.0 Å². The first-order chi connectivity index (χ1) is 10.4. The van der Waals surface area contributed by atoms with Crippen molar-refractivity contribution in [2.75, 3.05) is 31.6 Å². The van der Waals surface area contributed by atoms with E-state index in [1.807, 2.05) is 0 Å². The van der Waals surface area contributed by atoms with E-state index in [0.717, 1.165) is 0 Å². The van der Waals surface area contributed by atoms with Crippen molar-refractivity contribution < 1.29 is 22.7 Å². The molecule has 2 heterocycles. The topological polar surface area (TPSA) is 84.9 Å². The van der Waals surface area contributed by atoms with Gasteiger partial charge < -0.3 is 14.8 Å². The van der Waals surface area contributed by atoms with Crippen LogP contribution in [0.4, 0.5) is 5.69 Å². The molecular weight excluding hydrogens is 376 g/mol. The molecule has 0 aromatic heterocycles. The zero-order valence-electron chi connectivity index (χ0n) is 11.8. The van der Waals surface area contributed by atoms with E-state index >= 15 is 0 Å². The second-order valence-corrected chi connectivity index (χ2v) is 7.81. The Hall–Kier alpha value is -1.16. The molecule has 1 atom stereocenters. The number of ether oxygens (including phenoxy) is 2. The summed E-state index contributed by atoms with van der Waals surface area (Å²) in [4.78, 5) is 11.7. The van der Waals surface area contributed by atoms with Gasteiger partial charge in [-0.25, -0.2) is 8.42 Å². The van der Waals surface area contributed by atoms with E-state index in [0.29, 0.717) is 42.2 Å². The van der Waals surface area contributed by atoms with Crippen molar-refractivity contribution in [2.24, 2.45) is 0 Å². The molecule has 120 valence electrons. The molecular formula is C13H15BrN2O5S. The number of anilines is 1. The zero-order valence-corrected chi connectivity index (χ0v) is 14.2. The van der Waals surface area contributed by atoms with Gasteiger partial charge in [-0.2, -0.15) is 4.31 Å². The molecule has 9 heteroatoms. The summed E-state index contributed by atoms with van der Waals surface area (Å²) in [5.41, 5.74) is 0.455. The van der Waals surface area contributed by atoms with Crippen LogP contribution in [-0.2, 0) is 19.6 Å². The van der Waals surface area contributed by atoms with Crippen LogP contribution in [0.5, 0.6) is 5.75 Å². The van der Waals surface area contributed by atoms with Gasteiger partial charge in [0, 0.05) is 23.6 Å². The van der Waals surface area contributed by atoms with Crippen LogP contribution in [0.25, 0.3) is 0 Å². The first-order valence-electron chi connectivity index (χ1n) is 6.78. The Morgan fingerprint density at radius 2 is 2.00 bits per heavy atom. The maximum atomic E-state index is 12.7. The first-order valence-corrected chi connectivity index (χ1v) is 9.02. The van der Waals surface area contributed by atoms with Gasteiger partial charge in [0.2, 0.25) is 10.0 Å². The molecule has 1 saturated heterocycles. The lowest BCUT2D eigenvalue weighted by Gasteiger charge is -2.28. The summed E-state index contributed by atoms with van der Waals surface area (Å²) >= 11 is 3.27. The molecule has 0 radical (unpaired) electrons. The van der Waals surface area contributed by atoms with Crippen molar-refractivity contribution in [1.29, 1.82) is 0 Å². The van der Waals surface area contributed by atoms with E-state index in [9.17, 15) is 13.2 Å². The summed E-state index contributed by atoms with van der Waals surface area (Å²) in [5, 5.41) is 2.69. The van der Waals surface area contributed by atoms with Crippen molar-refractivity contribution in [2.45, 2.75) is 17.9 Å². The molecule has 2 aliphatic rings. The van der Waals surface area contributed by atoms with Crippen LogP contribution in [0.2, 0.25) is 0 Å². The van der Waals surface area contributed by atoms with Gasteiger partial charge in [0.05, 0.1) is 18.9 Å². The highest BCUT2D eigenvalue weighted by molar-refractivity contribution is 9.10. The molecule has 1 N–H and O–H groups in total. The molecule has 1 amide bonds. The Labute approximate surface area is 136 Å². The van der Waals surface area contributed by atoms with E-state index in [1.54, 1.807) is 13.0 Å². The SMILES string of the molecule is CC1Oc2cc(S(=O)(=O)N3CCOCC3)c(Br)cc2NC1=O. The van der Waals surface area contributed by atoms with E-state index in [-0.39, 0.29) is 10.8 Å². The van der Waals surface area contributed by atoms with Crippen molar-refractivity contribution >= 4 is 37.5 Å². The number of rotatable bonds is 2. The third-order valence-electron chi connectivity index (χ3n) is 3.55. The predicted molar refractivity (Wildman–Crippen MR) is 82.4 cm³/mol. The fourth-order valence-electron chi connectivity index (χ4n) is 2.33. The molecule has 0 bridgehead atoms. The quantitative estimate of drug-likeness (QED) is 0.819. The highest BCUT2D eigenvalue weighted by Crippen LogP contribution is 2.38. The third-order valence-corrected chi connectivity index (χ3v) is 6.41. The lowest BCUT2D eigenvalue weighted by Crippen LogP contribution is -2.41. The fraction of sp³-hybridized carbons (Fsp3) is 0.462. The number of carbonyl (C=O) groups is 1.